The summed E-state index contributed by atoms with van der Waals surface area (Å²) in [6.07, 6.45) is 0. The van der Waals surface area contributed by atoms with Gasteiger partial charge in [-0.1, -0.05) is 415 Å². The van der Waals surface area contributed by atoms with E-state index in [4.69, 9.17) is 0 Å². The summed E-state index contributed by atoms with van der Waals surface area (Å²) in [6, 6.07) is 111. The molecule has 4 heteroatoms. The average Bonchev–Trinajstić information content (AvgIpc) is 1.44. The van der Waals surface area contributed by atoms with E-state index < -0.39 is 0 Å². The molecule has 5 aliphatic rings. The molecule has 4 heterocycles. The molecule has 16 aromatic rings. The van der Waals surface area contributed by atoms with Crippen molar-refractivity contribution >= 4 is 110 Å². The Bertz CT molecular complexity index is 6120. The minimum Gasteiger partial charge on any atom is -0.344 e. The van der Waals surface area contributed by atoms with Gasteiger partial charge in [0.05, 0.1) is 5.69 Å². The van der Waals surface area contributed by atoms with Crippen molar-refractivity contribution in [2.45, 2.75) is 188 Å². The molecule has 0 saturated carbocycles. The number of para-hydroxylation sites is 3. The van der Waals surface area contributed by atoms with E-state index in [2.05, 4.69) is 406 Å². The minimum atomic E-state index is -0.0396. The summed E-state index contributed by atoms with van der Waals surface area (Å²) >= 11 is 0. The first-order valence-corrected chi connectivity index (χ1v) is 44.9. The summed E-state index contributed by atoms with van der Waals surface area (Å²) in [7, 11) is 8.77. The lowest BCUT2D eigenvalue weighted by atomic mass is 9.67. The number of anilines is 8. The molecule has 0 fully saturated rings. The van der Waals surface area contributed by atoms with Crippen molar-refractivity contribution in [3.8, 4) is 33.4 Å². The maximum absolute atomic E-state index is 2.39. The van der Waals surface area contributed by atoms with Crippen LogP contribution in [0.15, 0.2) is 303 Å². The molecule has 4 aliphatic heterocycles. The molecule has 0 N–H and O–H groups in total. The molecule has 4 nitrogen and oxygen atoms in total. The third-order valence-electron chi connectivity index (χ3n) is 24.2. The highest BCUT2D eigenvalue weighted by molar-refractivity contribution is 6.18. The Balaban J connectivity index is 0.000000159. The second kappa shape index (κ2) is 39.0. The summed E-state index contributed by atoms with van der Waals surface area (Å²) < 4.78 is 0. The largest absolute Gasteiger partial charge is 0.344 e. The second-order valence-corrected chi connectivity index (χ2v) is 31.3. The predicted molar refractivity (Wildman–Crippen MR) is 538 cm³/mol. The summed E-state index contributed by atoms with van der Waals surface area (Å²) in [6.45, 7) is 51.0. The highest BCUT2D eigenvalue weighted by Crippen LogP contribution is 2.60. The van der Waals surface area contributed by atoms with Gasteiger partial charge in [0.15, 0.2) is 0 Å². The number of benzene rings is 16. The summed E-state index contributed by atoms with van der Waals surface area (Å²) in [5.74, 6) is 0. The van der Waals surface area contributed by atoms with Gasteiger partial charge in [0.2, 0.25) is 0 Å². The quantitative estimate of drug-likeness (QED) is 0.111. The fourth-order valence-corrected chi connectivity index (χ4v) is 19.2. The van der Waals surface area contributed by atoms with Gasteiger partial charge in [0, 0.05) is 106 Å². The van der Waals surface area contributed by atoms with Gasteiger partial charge in [0.25, 0.3) is 0 Å². The number of rotatable bonds is 0. The molecular formula is C116H134N4. The van der Waals surface area contributed by atoms with Crippen LogP contribution in [0, 0.1) is 0 Å². The van der Waals surface area contributed by atoms with E-state index in [1.54, 1.807) is 0 Å². The molecule has 618 valence electrons. The first-order valence-electron chi connectivity index (χ1n) is 44.9. The van der Waals surface area contributed by atoms with Gasteiger partial charge in [0.1, 0.15) is 0 Å². The van der Waals surface area contributed by atoms with Crippen molar-refractivity contribution in [2.75, 3.05) is 47.8 Å². The highest BCUT2D eigenvalue weighted by atomic mass is 15.1. The Morgan fingerprint density at radius 1 is 0.175 bits per heavy atom. The smallest absolute Gasteiger partial charge is 0.0535 e. The van der Waals surface area contributed by atoms with Crippen LogP contribution in [-0.4, -0.2) is 28.2 Å². The predicted octanol–water partition coefficient (Wildman–Crippen LogP) is 34.8. The third kappa shape index (κ3) is 15.7. The number of nitrogens with zero attached hydrogens (tertiary/aromatic N) is 4. The zero-order valence-corrected chi connectivity index (χ0v) is 77.7. The van der Waals surface area contributed by atoms with Crippen LogP contribution in [0.5, 0.6) is 0 Å². The standard InChI is InChI=1S/C27H19N.C25H25N.2C24H21N.8C2H6/c1-28-24-16-14-18-8-2-4-10-20(18)26(24)22-12-6-7-13-23(22)27-21-11-5-3-9-19(21)15-17-25(27)28;1-24(2)18-11-7-6-10-16(18)17-14-15-21-23(22(17)24)25(3,4)19-12-8-9-13-20(19)26(21)5;1-24(2)20-14-8-9-15-21(20)25(3)23-19-13-7-5-11-17(19)16-10-4-6-12-18(16)22(23)24;1-24(2)20-10-6-7-11-21(20)25(3)22-13-12-18-14-16-8-4-5-9-17(16)15-19(18)23(22)24;8*1-2/h2-17H,1H3;6-15H,1-5H3;2*4-15H,1-3H3;8*1-2H3. The van der Waals surface area contributed by atoms with Crippen molar-refractivity contribution in [2.24, 2.45) is 0 Å². The summed E-state index contributed by atoms with van der Waals surface area (Å²) in [4.78, 5) is 9.44. The zero-order chi connectivity index (χ0) is 87.3. The molecule has 0 spiro atoms. The molecule has 0 bridgehead atoms. The van der Waals surface area contributed by atoms with Crippen molar-refractivity contribution in [3.63, 3.8) is 0 Å². The monoisotopic (exact) mass is 1580 g/mol. The maximum atomic E-state index is 2.39. The van der Waals surface area contributed by atoms with Gasteiger partial charge >= 0.3 is 0 Å². The molecular weight excluding hydrogens is 1450 g/mol. The van der Waals surface area contributed by atoms with Crippen LogP contribution in [-0.2, 0) is 21.7 Å². The van der Waals surface area contributed by atoms with Crippen molar-refractivity contribution in [3.05, 3.63) is 348 Å². The van der Waals surface area contributed by atoms with E-state index in [1.165, 1.54) is 188 Å². The first kappa shape index (κ1) is 90.6. The summed E-state index contributed by atoms with van der Waals surface area (Å²) in [5, 5.41) is 15.8. The Hall–Kier alpha value is -11.7. The van der Waals surface area contributed by atoms with Gasteiger partial charge in [-0.25, -0.2) is 0 Å². The fourth-order valence-electron chi connectivity index (χ4n) is 19.2. The lowest BCUT2D eigenvalue weighted by Gasteiger charge is -2.43. The van der Waals surface area contributed by atoms with E-state index in [1.807, 2.05) is 111 Å². The lowest BCUT2D eigenvalue weighted by molar-refractivity contribution is 0.582. The molecule has 21 rings (SSSR count). The Morgan fingerprint density at radius 3 is 0.950 bits per heavy atom. The van der Waals surface area contributed by atoms with Crippen LogP contribution in [0.2, 0.25) is 0 Å². The van der Waals surface area contributed by atoms with E-state index in [0.717, 1.165) is 0 Å². The van der Waals surface area contributed by atoms with Gasteiger partial charge in [-0.15, -0.1) is 0 Å². The fraction of sp³-hybridized carbons (Fsp3) is 0.276. The van der Waals surface area contributed by atoms with Crippen LogP contribution < -0.4 is 19.6 Å². The van der Waals surface area contributed by atoms with Crippen LogP contribution in [0.1, 0.15) is 211 Å². The van der Waals surface area contributed by atoms with Crippen molar-refractivity contribution < 1.29 is 0 Å². The van der Waals surface area contributed by atoms with Crippen LogP contribution in [0.4, 0.5) is 45.5 Å². The normalized spacial score (nSPS) is 13.5. The van der Waals surface area contributed by atoms with Crippen LogP contribution >= 0.6 is 0 Å². The molecule has 0 radical (unpaired) electrons. The summed E-state index contributed by atoms with van der Waals surface area (Å²) in [5.41, 5.74) is 29.9. The molecule has 0 atom stereocenters. The van der Waals surface area contributed by atoms with Gasteiger partial charge in [-0.05, 0) is 181 Å². The molecule has 0 saturated heterocycles. The molecule has 0 amide bonds. The molecule has 0 aromatic heterocycles. The molecule has 16 aromatic carbocycles. The Labute approximate surface area is 722 Å². The second-order valence-electron chi connectivity index (χ2n) is 31.3. The number of fused-ring (bicyclic) bond motifs is 27. The maximum Gasteiger partial charge on any atom is 0.0535 e. The van der Waals surface area contributed by atoms with Crippen molar-refractivity contribution in [1.82, 2.24) is 0 Å². The van der Waals surface area contributed by atoms with E-state index in [9.17, 15) is 0 Å². The topological polar surface area (TPSA) is 13.0 Å². The van der Waals surface area contributed by atoms with Gasteiger partial charge in [-0.3, -0.25) is 0 Å². The third-order valence-corrected chi connectivity index (χ3v) is 24.2. The first-order chi connectivity index (χ1) is 58.3. The average molecular weight is 1580 g/mol. The molecule has 1 aliphatic carbocycles. The highest BCUT2D eigenvalue weighted by Gasteiger charge is 2.46. The SMILES string of the molecule is CC.CC.CC.CC.CC.CC.CC.CC.CN1c2ccc3ccccc3c2-c2ccccc2-c2c1ccc1ccccc21.CN1c2ccccc2C(C)(C)c2c1c1ccccc1c1ccccc21.CN1c2ccccc2C(C)(C)c2c1ccc1c2C(C)(C)c2ccccc2-1.CN1c2ccccc2C(C)(C)c2c1ccc1cc3ccccc3cc21. The molecule has 120 heavy (non-hydrogen) atoms. The Kier molecular flexibility index (Phi) is 29.4. The van der Waals surface area contributed by atoms with Gasteiger partial charge < -0.3 is 19.6 Å². The zero-order valence-electron chi connectivity index (χ0n) is 77.7. The van der Waals surface area contributed by atoms with E-state index in [0.29, 0.717) is 0 Å². The lowest BCUT2D eigenvalue weighted by Crippen LogP contribution is -2.34. The van der Waals surface area contributed by atoms with E-state index >= 15 is 0 Å². The van der Waals surface area contributed by atoms with E-state index in [-0.39, 0.29) is 21.7 Å². The van der Waals surface area contributed by atoms with Crippen LogP contribution in [0.3, 0.4) is 0 Å². The van der Waals surface area contributed by atoms with Crippen molar-refractivity contribution in [1.29, 1.82) is 0 Å². The minimum absolute atomic E-state index is 0.0155. The van der Waals surface area contributed by atoms with Crippen LogP contribution in [0.25, 0.3) is 98.0 Å². The molecule has 0 unspecified atom stereocenters. The number of hydrogen-bond acceptors (Lipinski definition) is 4. The Morgan fingerprint density at radius 2 is 0.475 bits per heavy atom. The number of hydrogen-bond donors (Lipinski definition) is 0. The van der Waals surface area contributed by atoms with Gasteiger partial charge in [-0.2, -0.15) is 0 Å².